The van der Waals surface area contributed by atoms with E-state index in [-0.39, 0.29) is 11.1 Å². The molecule has 1 aromatic carbocycles. The minimum Gasteiger partial charge on any atom is -0.365 e. The molecular weight excluding hydrogens is 268 g/mol. The second kappa shape index (κ2) is 4.20. The fourth-order valence-corrected chi connectivity index (χ4v) is 2.68. The van der Waals surface area contributed by atoms with E-state index in [1.807, 2.05) is 18.2 Å². The van der Waals surface area contributed by atoms with Crippen molar-refractivity contribution in [1.82, 2.24) is 10.4 Å². The van der Waals surface area contributed by atoms with Crippen LogP contribution in [-0.4, -0.2) is 23.1 Å². The van der Waals surface area contributed by atoms with Crippen molar-refractivity contribution in [2.45, 2.75) is 11.1 Å². The van der Waals surface area contributed by atoms with Crippen LogP contribution in [0.1, 0.15) is 11.7 Å². The van der Waals surface area contributed by atoms with E-state index in [9.17, 15) is 0 Å². The van der Waals surface area contributed by atoms with Crippen LogP contribution in [0.2, 0.25) is 0 Å². The minimum atomic E-state index is 0.0602. The number of morpholine rings is 1. The molecule has 2 aliphatic rings. The number of hydrogen-bond donors (Lipinski definition) is 1. The summed E-state index contributed by atoms with van der Waals surface area (Å²) >= 11 is 3.54. The van der Waals surface area contributed by atoms with E-state index in [1.165, 1.54) is 11.3 Å². The molecule has 1 fully saturated rings. The van der Waals surface area contributed by atoms with Gasteiger partial charge in [0.05, 0.1) is 18.8 Å². The van der Waals surface area contributed by atoms with Crippen molar-refractivity contribution in [3.63, 3.8) is 0 Å². The van der Waals surface area contributed by atoms with Crippen molar-refractivity contribution in [3.05, 3.63) is 47.7 Å². The lowest BCUT2D eigenvalue weighted by Crippen LogP contribution is -2.42. The second-order valence-electron chi connectivity index (χ2n) is 3.94. The van der Waals surface area contributed by atoms with Crippen LogP contribution in [0.5, 0.6) is 0 Å². The fourth-order valence-electron chi connectivity index (χ4n) is 2.17. The third kappa shape index (κ3) is 1.77. The highest BCUT2D eigenvalue weighted by molar-refractivity contribution is 9.09. The first-order valence-electron chi connectivity index (χ1n) is 5.40. The Labute approximate surface area is 103 Å². The number of halogens is 1. The summed E-state index contributed by atoms with van der Waals surface area (Å²) in [6, 6.07) is 10.3. The van der Waals surface area contributed by atoms with Gasteiger partial charge < -0.3 is 9.75 Å². The van der Waals surface area contributed by atoms with Gasteiger partial charge in [0, 0.05) is 0 Å². The molecule has 0 aromatic heterocycles. The van der Waals surface area contributed by atoms with E-state index < -0.39 is 0 Å². The van der Waals surface area contributed by atoms with Crippen LogP contribution in [0.15, 0.2) is 42.1 Å². The van der Waals surface area contributed by atoms with Crippen LogP contribution in [-0.2, 0) is 4.74 Å². The topological polar surface area (TPSA) is 24.5 Å². The Bertz CT molecular complexity index is 407. The van der Waals surface area contributed by atoms with Gasteiger partial charge in [-0.05, 0) is 11.6 Å². The highest BCUT2D eigenvalue weighted by Crippen LogP contribution is 2.34. The van der Waals surface area contributed by atoms with Crippen molar-refractivity contribution in [2.24, 2.45) is 0 Å². The number of ether oxygens (including phenoxy) is 1. The molecule has 3 nitrogen and oxygen atoms in total. The number of nitrogens with one attached hydrogen (secondary N) is 1. The highest BCUT2D eigenvalue weighted by Gasteiger charge is 2.32. The fraction of sp³-hybridized carbons (Fsp3) is 0.333. The van der Waals surface area contributed by atoms with Gasteiger partial charge in [-0.1, -0.05) is 46.3 Å². The molecule has 0 spiro atoms. The number of hydrazine groups is 1. The van der Waals surface area contributed by atoms with E-state index in [2.05, 4.69) is 44.6 Å². The van der Waals surface area contributed by atoms with Crippen LogP contribution in [0.25, 0.3) is 0 Å². The molecule has 4 heteroatoms. The van der Waals surface area contributed by atoms with Crippen molar-refractivity contribution in [2.75, 3.05) is 13.2 Å². The molecule has 84 valence electrons. The number of rotatable bonds is 1. The van der Waals surface area contributed by atoms with Gasteiger partial charge in [-0.3, -0.25) is 0 Å². The van der Waals surface area contributed by atoms with Gasteiger partial charge in [0.25, 0.3) is 0 Å². The molecule has 1 aromatic rings. The van der Waals surface area contributed by atoms with Gasteiger partial charge in [-0.25, -0.2) is 5.43 Å². The average molecular weight is 281 g/mol. The van der Waals surface area contributed by atoms with E-state index in [0.717, 1.165) is 13.2 Å². The highest BCUT2D eigenvalue weighted by atomic mass is 79.9. The summed E-state index contributed by atoms with van der Waals surface area (Å²) in [7, 11) is 0. The second-order valence-corrected chi connectivity index (χ2v) is 4.92. The summed E-state index contributed by atoms with van der Waals surface area (Å²) in [5.41, 5.74) is 5.75. The van der Waals surface area contributed by atoms with E-state index >= 15 is 0 Å². The number of fused-ring (bicyclic) bond motifs is 1. The number of benzene rings is 1. The normalized spacial score (nSPS) is 28.8. The number of hydrogen-bond acceptors (Lipinski definition) is 3. The Morgan fingerprint density at radius 2 is 2.12 bits per heavy atom. The van der Waals surface area contributed by atoms with Gasteiger partial charge in [0.2, 0.25) is 0 Å². The number of nitrogens with zero attached hydrogens (tertiary/aromatic N) is 1. The first kappa shape index (κ1) is 10.3. The van der Waals surface area contributed by atoms with Gasteiger partial charge in [-0.2, -0.15) is 0 Å². The molecule has 1 N–H and O–H groups in total. The maximum atomic E-state index is 5.86. The number of alkyl halides is 1. The molecule has 0 amide bonds. The van der Waals surface area contributed by atoms with Gasteiger partial charge >= 0.3 is 0 Å². The molecule has 2 aliphatic heterocycles. The molecular formula is C12H13BrN2O. The lowest BCUT2D eigenvalue weighted by atomic mass is 10.1. The molecule has 0 bridgehead atoms. The van der Waals surface area contributed by atoms with Crippen molar-refractivity contribution >= 4 is 15.9 Å². The summed E-state index contributed by atoms with van der Waals surface area (Å²) in [5.74, 6) is 0. The zero-order chi connectivity index (χ0) is 11.0. The molecule has 3 rings (SSSR count). The molecule has 16 heavy (non-hydrogen) atoms. The molecule has 0 radical (unpaired) electrons. The summed E-state index contributed by atoms with van der Waals surface area (Å²) in [6.45, 7) is 1.65. The lowest BCUT2D eigenvalue weighted by molar-refractivity contribution is -0.00261. The zero-order valence-electron chi connectivity index (χ0n) is 8.77. The summed E-state index contributed by atoms with van der Waals surface area (Å²) in [6.07, 6.45) is 2.22. The SMILES string of the molecule is BrC1C=C2C(c3ccccc3)OCCN2N1. The molecule has 0 saturated carbocycles. The molecule has 2 unspecified atom stereocenters. The third-order valence-corrected chi connectivity index (χ3v) is 3.35. The predicted molar refractivity (Wildman–Crippen MR) is 65.8 cm³/mol. The van der Waals surface area contributed by atoms with Gasteiger partial charge in [0.15, 0.2) is 0 Å². The van der Waals surface area contributed by atoms with Crippen LogP contribution in [0, 0.1) is 0 Å². The van der Waals surface area contributed by atoms with Crippen LogP contribution in [0.3, 0.4) is 0 Å². The molecule has 1 saturated heterocycles. The standard InChI is InChI=1S/C12H13BrN2O/c13-11-8-10-12(9-4-2-1-3-5-9)16-7-6-15(10)14-11/h1-5,8,11-12,14H,6-7H2. The first-order chi connectivity index (χ1) is 7.84. The minimum absolute atomic E-state index is 0.0602. The Hall–Kier alpha value is -0.840. The summed E-state index contributed by atoms with van der Waals surface area (Å²) < 4.78 is 5.86. The Kier molecular flexibility index (Phi) is 2.71. The van der Waals surface area contributed by atoms with Crippen LogP contribution < -0.4 is 5.43 Å². The van der Waals surface area contributed by atoms with E-state index in [1.54, 1.807) is 0 Å². The van der Waals surface area contributed by atoms with Crippen LogP contribution in [0.4, 0.5) is 0 Å². The lowest BCUT2D eigenvalue weighted by Gasteiger charge is -2.33. The summed E-state index contributed by atoms with van der Waals surface area (Å²) in [5, 5.41) is 2.17. The van der Waals surface area contributed by atoms with Gasteiger partial charge in [-0.15, -0.1) is 0 Å². The smallest absolute Gasteiger partial charge is 0.123 e. The quantitative estimate of drug-likeness (QED) is 0.631. The maximum Gasteiger partial charge on any atom is 0.123 e. The van der Waals surface area contributed by atoms with E-state index in [4.69, 9.17) is 4.74 Å². The largest absolute Gasteiger partial charge is 0.365 e. The van der Waals surface area contributed by atoms with Crippen molar-refractivity contribution in [3.8, 4) is 0 Å². The Balaban J connectivity index is 1.93. The van der Waals surface area contributed by atoms with E-state index in [0.29, 0.717) is 0 Å². The van der Waals surface area contributed by atoms with Crippen molar-refractivity contribution < 1.29 is 4.74 Å². The molecule has 2 heterocycles. The maximum absolute atomic E-state index is 5.86. The zero-order valence-corrected chi connectivity index (χ0v) is 10.4. The molecule has 2 atom stereocenters. The summed E-state index contributed by atoms with van der Waals surface area (Å²) in [4.78, 5) is 0.218. The average Bonchev–Trinajstić information content (AvgIpc) is 2.70. The first-order valence-corrected chi connectivity index (χ1v) is 6.32. The third-order valence-electron chi connectivity index (χ3n) is 2.88. The monoisotopic (exact) mass is 280 g/mol. The van der Waals surface area contributed by atoms with Crippen molar-refractivity contribution in [1.29, 1.82) is 0 Å². The predicted octanol–water partition coefficient (Wildman–Crippen LogP) is 2.18. The molecule has 0 aliphatic carbocycles. The van der Waals surface area contributed by atoms with Gasteiger partial charge in [0.1, 0.15) is 11.1 Å². The Morgan fingerprint density at radius 3 is 2.94 bits per heavy atom. The Morgan fingerprint density at radius 1 is 1.31 bits per heavy atom. The van der Waals surface area contributed by atoms with Crippen LogP contribution >= 0.6 is 15.9 Å².